The van der Waals surface area contributed by atoms with Crippen LogP contribution in [0.25, 0.3) is 0 Å². The van der Waals surface area contributed by atoms with Crippen molar-refractivity contribution in [3.8, 4) is 0 Å². The fourth-order valence-electron chi connectivity index (χ4n) is 2.41. The second kappa shape index (κ2) is 6.75. The first-order valence-electron chi connectivity index (χ1n) is 7.32. The number of benzene rings is 1. The number of aryl methyl sites for hydroxylation is 1. The van der Waals surface area contributed by atoms with Crippen molar-refractivity contribution in [2.24, 2.45) is 0 Å². The van der Waals surface area contributed by atoms with Crippen molar-refractivity contribution in [3.63, 3.8) is 0 Å². The molecule has 1 aromatic carbocycles. The summed E-state index contributed by atoms with van der Waals surface area (Å²) in [7, 11) is 1.72. The summed E-state index contributed by atoms with van der Waals surface area (Å²) < 4.78 is 5.22. The molecule has 0 bridgehead atoms. The van der Waals surface area contributed by atoms with Gasteiger partial charge in [-0.1, -0.05) is 6.92 Å². The minimum absolute atomic E-state index is 0.00898. The summed E-state index contributed by atoms with van der Waals surface area (Å²) in [6.07, 6.45) is 3.22. The third-order valence-corrected chi connectivity index (χ3v) is 3.82. The molecule has 1 aromatic rings. The Morgan fingerprint density at radius 2 is 2.15 bits per heavy atom. The van der Waals surface area contributed by atoms with Gasteiger partial charge in [0.1, 0.15) is 0 Å². The molecule has 20 heavy (non-hydrogen) atoms. The molecule has 4 heteroatoms. The normalized spacial score (nSPS) is 21.1. The highest BCUT2D eigenvalue weighted by Crippen LogP contribution is 2.23. The van der Waals surface area contributed by atoms with E-state index in [1.54, 1.807) is 7.11 Å². The molecule has 2 N–H and O–H groups in total. The SMILES string of the molecule is CCCNc1ccc(C(=O)NC2CC(OC)C2)cc1C. The van der Waals surface area contributed by atoms with Crippen LogP contribution in [0.4, 0.5) is 5.69 Å². The van der Waals surface area contributed by atoms with Crippen LogP contribution in [0.2, 0.25) is 0 Å². The highest BCUT2D eigenvalue weighted by atomic mass is 16.5. The van der Waals surface area contributed by atoms with Crippen molar-refractivity contribution in [2.75, 3.05) is 19.0 Å². The third kappa shape index (κ3) is 3.51. The Bertz CT molecular complexity index is 468. The summed E-state index contributed by atoms with van der Waals surface area (Å²) in [5.41, 5.74) is 2.94. The van der Waals surface area contributed by atoms with Crippen molar-refractivity contribution in [3.05, 3.63) is 29.3 Å². The van der Waals surface area contributed by atoms with E-state index >= 15 is 0 Å². The van der Waals surface area contributed by atoms with Crippen LogP contribution in [-0.4, -0.2) is 31.7 Å². The van der Waals surface area contributed by atoms with Gasteiger partial charge in [-0.2, -0.15) is 0 Å². The van der Waals surface area contributed by atoms with Gasteiger partial charge in [0.15, 0.2) is 0 Å². The lowest BCUT2D eigenvalue weighted by Gasteiger charge is -2.34. The van der Waals surface area contributed by atoms with E-state index in [0.29, 0.717) is 6.10 Å². The highest BCUT2D eigenvalue weighted by molar-refractivity contribution is 5.95. The van der Waals surface area contributed by atoms with E-state index in [2.05, 4.69) is 17.6 Å². The molecule has 0 saturated heterocycles. The molecule has 4 nitrogen and oxygen atoms in total. The Hall–Kier alpha value is -1.55. The maximum Gasteiger partial charge on any atom is 0.251 e. The Labute approximate surface area is 120 Å². The van der Waals surface area contributed by atoms with Crippen molar-refractivity contribution in [2.45, 2.75) is 45.3 Å². The predicted molar refractivity (Wildman–Crippen MR) is 81.2 cm³/mol. The van der Waals surface area contributed by atoms with Crippen LogP contribution in [-0.2, 0) is 4.74 Å². The number of amides is 1. The number of methoxy groups -OCH3 is 1. The van der Waals surface area contributed by atoms with Gasteiger partial charge in [0.25, 0.3) is 5.91 Å². The quantitative estimate of drug-likeness (QED) is 0.840. The molecule has 0 radical (unpaired) electrons. The lowest BCUT2D eigenvalue weighted by molar-refractivity contribution is 0.0176. The Kier molecular flexibility index (Phi) is 5.01. The maximum absolute atomic E-state index is 12.1. The first-order valence-corrected chi connectivity index (χ1v) is 7.32. The van der Waals surface area contributed by atoms with Gasteiger partial charge in [-0.25, -0.2) is 0 Å². The Morgan fingerprint density at radius 3 is 2.75 bits per heavy atom. The molecule has 110 valence electrons. The number of nitrogens with one attached hydrogen (secondary N) is 2. The van der Waals surface area contributed by atoms with Crippen LogP contribution in [0.3, 0.4) is 0 Å². The van der Waals surface area contributed by atoms with Gasteiger partial charge in [0, 0.05) is 30.9 Å². The summed E-state index contributed by atoms with van der Waals surface area (Å²) in [4.78, 5) is 12.1. The van der Waals surface area contributed by atoms with E-state index in [1.807, 2.05) is 25.1 Å². The number of hydrogen-bond acceptors (Lipinski definition) is 3. The van der Waals surface area contributed by atoms with Crippen LogP contribution in [0.1, 0.15) is 42.1 Å². The van der Waals surface area contributed by atoms with Gasteiger partial charge in [-0.05, 0) is 49.9 Å². The van der Waals surface area contributed by atoms with E-state index in [9.17, 15) is 4.79 Å². The summed E-state index contributed by atoms with van der Waals surface area (Å²) >= 11 is 0. The van der Waals surface area contributed by atoms with Gasteiger partial charge in [0.05, 0.1) is 6.10 Å². The molecule has 0 aliphatic heterocycles. The third-order valence-electron chi connectivity index (χ3n) is 3.82. The number of anilines is 1. The van der Waals surface area contributed by atoms with E-state index in [1.165, 1.54) is 0 Å². The monoisotopic (exact) mass is 276 g/mol. The lowest BCUT2D eigenvalue weighted by atomic mass is 9.89. The fraction of sp³-hybridized carbons (Fsp3) is 0.562. The largest absolute Gasteiger partial charge is 0.385 e. The predicted octanol–water partition coefficient (Wildman–Crippen LogP) is 2.72. The van der Waals surface area contributed by atoms with Gasteiger partial charge in [-0.15, -0.1) is 0 Å². The maximum atomic E-state index is 12.1. The zero-order valence-electron chi connectivity index (χ0n) is 12.5. The summed E-state index contributed by atoms with van der Waals surface area (Å²) in [5.74, 6) is 0.00898. The number of hydrogen-bond donors (Lipinski definition) is 2. The molecule has 0 unspecified atom stereocenters. The highest BCUT2D eigenvalue weighted by Gasteiger charge is 2.30. The number of carbonyl (C=O) groups excluding carboxylic acids is 1. The Balaban J connectivity index is 1.92. The van der Waals surface area contributed by atoms with Crippen molar-refractivity contribution in [1.29, 1.82) is 0 Å². The van der Waals surface area contributed by atoms with Gasteiger partial charge in [-0.3, -0.25) is 4.79 Å². The van der Waals surface area contributed by atoms with Gasteiger partial charge < -0.3 is 15.4 Å². The van der Waals surface area contributed by atoms with Gasteiger partial charge >= 0.3 is 0 Å². The van der Waals surface area contributed by atoms with Crippen molar-refractivity contribution >= 4 is 11.6 Å². The minimum Gasteiger partial charge on any atom is -0.385 e. The number of rotatable bonds is 6. The molecule has 1 saturated carbocycles. The molecule has 2 rings (SSSR count). The minimum atomic E-state index is 0.00898. The van der Waals surface area contributed by atoms with Gasteiger partial charge in [0.2, 0.25) is 0 Å². The second-order valence-corrected chi connectivity index (χ2v) is 5.46. The standard InChI is InChI=1S/C16H24N2O2/c1-4-7-17-15-6-5-12(8-11(15)2)16(19)18-13-9-14(10-13)20-3/h5-6,8,13-14,17H,4,7,9-10H2,1-3H3,(H,18,19). The van der Waals surface area contributed by atoms with Crippen LogP contribution >= 0.6 is 0 Å². The molecule has 0 atom stereocenters. The first kappa shape index (κ1) is 14.9. The van der Waals surface area contributed by atoms with E-state index < -0.39 is 0 Å². The first-order chi connectivity index (χ1) is 9.63. The molecule has 1 fully saturated rings. The molecule has 1 amide bonds. The van der Waals surface area contributed by atoms with E-state index in [4.69, 9.17) is 4.74 Å². The lowest BCUT2D eigenvalue weighted by Crippen LogP contribution is -2.47. The van der Waals surface area contributed by atoms with E-state index in [0.717, 1.165) is 42.6 Å². The fourth-order valence-corrected chi connectivity index (χ4v) is 2.41. The smallest absolute Gasteiger partial charge is 0.251 e. The zero-order chi connectivity index (χ0) is 14.5. The average Bonchev–Trinajstić information content (AvgIpc) is 2.40. The molecule has 0 aromatic heterocycles. The van der Waals surface area contributed by atoms with Crippen LogP contribution < -0.4 is 10.6 Å². The van der Waals surface area contributed by atoms with Crippen LogP contribution in [0, 0.1) is 6.92 Å². The van der Waals surface area contributed by atoms with Crippen molar-refractivity contribution in [1.82, 2.24) is 5.32 Å². The van der Waals surface area contributed by atoms with Crippen LogP contribution in [0.15, 0.2) is 18.2 Å². The zero-order valence-corrected chi connectivity index (χ0v) is 12.5. The number of carbonyl (C=O) groups is 1. The number of ether oxygens (including phenoxy) is 1. The van der Waals surface area contributed by atoms with E-state index in [-0.39, 0.29) is 11.9 Å². The summed E-state index contributed by atoms with van der Waals surface area (Å²) in [6.45, 7) is 5.11. The van der Waals surface area contributed by atoms with Crippen molar-refractivity contribution < 1.29 is 9.53 Å². The summed E-state index contributed by atoms with van der Waals surface area (Å²) in [5, 5.41) is 6.40. The molecule has 1 aliphatic rings. The molecular formula is C16H24N2O2. The second-order valence-electron chi connectivity index (χ2n) is 5.46. The molecular weight excluding hydrogens is 252 g/mol. The molecule has 1 aliphatic carbocycles. The van der Waals surface area contributed by atoms with Crippen LogP contribution in [0.5, 0.6) is 0 Å². The molecule has 0 heterocycles. The average molecular weight is 276 g/mol. The summed E-state index contributed by atoms with van der Waals surface area (Å²) in [6, 6.07) is 6.07. The topological polar surface area (TPSA) is 50.4 Å². The molecule has 0 spiro atoms. The Morgan fingerprint density at radius 1 is 1.40 bits per heavy atom.